The first-order valence-corrected chi connectivity index (χ1v) is 7.13. The normalized spacial score (nSPS) is 10.2. The van der Waals surface area contributed by atoms with Crippen LogP contribution in [-0.4, -0.2) is 29.8 Å². The van der Waals surface area contributed by atoms with Crippen LogP contribution in [0.25, 0.3) is 0 Å². The number of amides is 2. The summed E-state index contributed by atoms with van der Waals surface area (Å²) in [5.74, 6) is -0.120. The largest absolute Gasteiger partial charge is 0.342 e. The molecule has 20 heavy (non-hydrogen) atoms. The van der Waals surface area contributed by atoms with Crippen molar-refractivity contribution in [2.45, 2.75) is 33.6 Å². The molecule has 1 aromatic rings. The van der Waals surface area contributed by atoms with Gasteiger partial charge in [0.1, 0.15) is 0 Å². The van der Waals surface area contributed by atoms with Crippen molar-refractivity contribution in [3.8, 4) is 0 Å². The molecule has 0 atom stereocenters. The lowest BCUT2D eigenvalue weighted by Crippen LogP contribution is -2.32. The van der Waals surface area contributed by atoms with Crippen molar-refractivity contribution in [2.75, 3.05) is 18.4 Å². The SMILES string of the molecule is CCCN(CCC(=O)Nc1ccc(C)c(Cl)c1)C(C)=O. The Morgan fingerprint density at radius 3 is 2.55 bits per heavy atom. The third-order valence-electron chi connectivity index (χ3n) is 3.00. The van der Waals surface area contributed by atoms with Gasteiger partial charge in [-0.05, 0) is 31.0 Å². The van der Waals surface area contributed by atoms with Gasteiger partial charge in [-0.3, -0.25) is 9.59 Å². The van der Waals surface area contributed by atoms with Gasteiger partial charge >= 0.3 is 0 Å². The zero-order chi connectivity index (χ0) is 15.1. The highest BCUT2D eigenvalue weighted by Gasteiger charge is 2.10. The molecule has 0 radical (unpaired) electrons. The zero-order valence-corrected chi connectivity index (χ0v) is 13.0. The fourth-order valence-electron chi connectivity index (χ4n) is 1.83. The van der Waals surface area contributed by atoms with Crippen molar-refractivity contribution in [3.63, 3.8) is 0 Å². The lowest BCUT2D eigenvalue weighted by Gasteiger charge is -2.19. The van der Waals surface area contributed by atoms with E-state index in [0.717, 1.165) is 12.0 Å². The van der Waals surface area contributed by atoms with E-state index in [-0.39, 0.29) is 18.2 Å². The highest BCUT2D eigenvalue weighted by atomic mass is 35.5. The van der Waals surface area contributed by atoms with Crippen LogP contribution in [0.2, 0.25) is 5.02 Å². The van der Waals surface area contributed by atoms with E-state index in [1.165, 1.54) is 6.92 Å². The standard InChI is InChI=1S/C15H21ClN2O2/c1-4-8-18(12(3)19)9-7-15(20)17-13-6-5-11(2)14(16)10-13/h5-6,10H,4,7-9H2,1-3H3,(H,17,20). The van der Waals surface area contributed by atoms with Gasteiger partial charge < -0.3 is 10.2 Å². The number of rotatable bonds is 6. The van der Waals surface area contributed by atoms with Gasteiger partial charge in [0.2, 0.25) is 11.8 Å². The molecule has 1 N–H and O–H groups in total. The number of halogens is 1. The summed E-state index contributed by atoms with van der Waals surface area (Å²) in [6, 6.07) is 5.40. The molecule has 0 bridgehead atoms. The molecule has 110 valence electrons. The smallest absolute Gasteiger partial charge is 0.226 e. The summed E-state index contributed by atoms with van der Waals surface area (Å²) in [6.45, 7) is 6.55. The molecule has 0 aliphatic carbocycles. The second kappa shape index (κ2) is 7.90. The van der Waals surface area contributed by atoms with Crippen LogP contribution in [0, 0.1) is 6.92 Å². The van der Waals surface area contributed by atoms with Crippen molar-refractivity contribution >= 4 is 29.1 Å². The summed E-state index contributed by atoms with van der Waals surface area (Å²) < 4.78 is 0. The Morgan fingerprint density at radius 1 is 1.30 bits per heavy atom. The van der Waals surface area contributed by atoms with Crippen molar-refractivity contribution in [1.82, 2.24) is 4.90 Å². The molecule has 0 heterocycles. The second-order valence-corrected chi connectivity index (χ2v) is 5.18. The Hall–Kier alpha value is -1.55. The van der Waals surface area contributed by atoms with Crippen LogP contribution in [0.15, 0.2) is 18.2 Å². The van der Waals surface area contributed by atoms with E-state index in [0.29, 0.717) is 23.8 Å². The zero-order valence-electron chi connectivity index (χ0n) is 12.2. The molecule has 0 aliphatic rings. The minimum Gasteiger partial charge on any atom is -0.342 e. The molecule has 0 saturated carbocycles. The number of nitrogens with one attached hydrogen (secondary N) is 1. The molecule has 0 spiro atoms. The van der Waals surface area contributed by atoms with E-state index in [1.807, 2.05) is 26.0 Å². The van der Waals surface area contributed by atoms with Crippen LogP contribution in [0.3, 0.4) is 0 Å². The summed E-state index contributed by atoms with van der Waals surface area (Å²) >= 11 is 6.00. The lowest BCUT2D eigenvalue weighted by molar-refractivity contribution is -0.129. The van der Waals surface area contributed by atoms with Gasteiger partial charge in [-0.1, -0.05) is 24.6 Å². The average molecular weight is 297 g/mol. The highest BCUT2D eigenvalue weighted by molar-refractivity contribution is 6.31. The molecule has 1 rings (SSSR count). The van der Waals surface area contributed by atoms with Gasteiger partial charge in [0, 0.05) is 37.1 Å². The number of carbonyl (C=O) groups is 2. The lowest BCUT2D eigenvalue weighted by atomic mass is 10.2. The summed E-state index contributed by atoms with van der Waals surface area (Å²) in [6.07, 6.45) is 1.17. The van der Waals surface area contributed by atoms with E-state index >= 15 is 0 Å². The Kier molecular flexibility index (Phi) is 6.52. The van der Waals surface area contributed by atoms with Gasteiger partial charge in [0.15, 0.2) is 0 Å². The molecular weight excluding hydrogens is 276 g/mol. The Bertz CT molecular complexity index is 489. The van der Waals surface area contributed by atoms with Gasteiger partial charge in [0.25, 0.3) is 0 Å². The molecule has 1 aromatic carbocycles. The van der Waals surface area contributed by atoms with Crippen LogP contribution >= 0.6 is 11.6 Å². The van der Waals surface area contributed by atoms with Crippen molar-refractivity contribution in [1.29, 1.82) is 0 Å². The van der Waals surface area contributed by atoms with E-state index in [4.69, 9.17) is 11.6 Å². The van der Waals surface area contributed by atoms with Gasteiger partial charge in [-0.15, -0.1) is 0 Å². The second-order valence-electron chi connectivity index (χ2n) is 4.77. The summed E-state index contributed by atoms with van der Waals surface area (Å²) in [7, 11) is 0. The number of carbonyl (C=O) groups excluding carboxylic acids is 2. The molecule has 0 unspecified atom stereocenters. The fourth-order valence-corrected chi connectivity index (χ4v) is 2.01. The van der Waals surface area contributed by atoms with Crippen LogP contribution in [0.4, 0.5) is 5.69 Å². The number of hydrogen-bond acceptors (Lipinski definition) is 2. The van der Waals surface area contributed by atoms with Crippen LogP contribution in [0.1, 0.15) is 32.3 Å². The molecule has 5 heteroatoms. The molecule has 2 amide bonds. The Balaban J connectivity index is 2.50. The summed E-state index contributed by atoms with van der Waals surface area (Å²) in [5, 5.41) is 3.41. The first kappa shape index (κ1) is 16.5. The van der Waals surface area contributed by atoms with Gasteiger partial charge in [-0.25, -0.2) is 0 Å². The monoisotopic (exact) mass is 296 g/mol. The van der Waals surface area contributed by atoms with Crippen LogP contribution in [-0.2, 0) is 9.59 Å². The van der Waals surface area contributed by atoms with E-state index in [2.05, 4.69) is 5.32 Å². The molecule has 4 nitrogen and oxygen atoms in total. The van der Waals surface area contributed by atoms with Gasteiger partial charge in [0.05, 0.1) is 0 Å². The summed E-state index contributed by atoms with van der Waals surface area (Å²) in [4.78, 5) is 24.9. The maximum absolute atomic E-state index is 11.8. The minimum atomic E-state index is -0.118. The minimum absolute atomic E-state index is 0.00182. The first-order chi connectivity index (χ1) is 9.43. The van der Waals surface area contributed by atoms with Crippen molar-refractivity contribution in [3.05, 3.63) is 28.8 Å². The number of hydrogen-bond donors (Lipinski definition) is 1. The number of nitrogens with zero attached hydrogens (tertiary/aromatic N) is 1. The number of aryl methyl sites for hydroxylation is 1. The van der Waals surface area contributed by atoms with E-state index in [1.54, 1.807) is 11.0 Å². The third kappa shape index (κ3) is 5.21. The molecule has 0 fully saturated rings. The van der Waals surface area contributed by atoms with Crippen LogP contribution in [0.5, 0.6) is 0 Å². The maximum Gasteiger partial charge on any atom is 0.226 e. The number of anilines is 1. The first-order valence-electron chi connectivity index (χ1n) is 6.75. The van der Waals surface area contributed by atoms with Crippen molar-refractivity contribution in [2.24, 2.45) is 0 Å². The molecule has 0 aromatic heterocycles. The topological polar surface area (TPSA) is 49.4 Å². The Morgan fingerprint density at radius 2 is 2.00 bits per heavy atom. The average Bonchev–Trinajstić information content (AvgIpc) is 2.38. The molecule has 0 saturated heterocycles. The van der Waals surface area contributed by atoms with E-state index < -0.39 is 0 Å². The predicted octanol–water partition coefficient (Wildman–Crippen LogP) is 3.24. The fraction of sp³-hybridized carbons (Fsp3) is 0.467. The van der Waals surface area contributed by atoms with Gasteiger partial charge in [-0.2, -0.15) is 0 Å². The summed E-state index contributed by atoms with van der Waals surface area (Å²) in [5.41, 5.74) is 1.64. The van der Waals surface area contributed by atoms with Crippen LogP contribution < -0.4 is 5.32 Å². The Labute approximate surface area is 125 Å². The predicted molar refractivity (Wildman–Crippen MR) is 82.0 cm³/mol. The third-order valence-corrected chi connectivity index (χ3v) is 3.41. The molecule has 0 aliphatic heterocycles. The highest BCUT2D eigenvalue weighted by Crippen LogP contribution is 2.20. The number of benzene rings is 1. The van der Waals surface area contributed by atoms with E-state index in [9.17, 15) is 9.59 Å². The maximum atomic E-state index is 11.8. The quantitative estimate of drug-likeness (QED) is 0.876. The van der Waals surface area contributed by atoms with Crippen molar-refractivity contribution < 1.29 is 9.59 Å². The molecular formula is C15H21ClN2O2.